The van der Waals surface area contributed by atoms with E-state index in [0.717, 1.165) is 31.7 Å². The fraction of sp³-hybridized carbons (Fsp3) is 0.438. The molecule has 0 aliphatic carbocycles. The second-order valence-electron chi connectivity index (χ2n) is 5.20. The summed E-state index contributed by atoms with van der Waals surface area (Å²) in [5.74, 6) is 1.33. The van der Waals surface area contributed by atoms with Gasteiger partial charge in [0.25, 0.3) is 5.91 Å². The van der Waals surface area contributed by atoms with Gasteiger partial charge in [0, 0.05) is 25.4 Å². The van der Waals surface area contributed by atoms with Crippen LogP contribution in [0.3, 0.4) is 0 Å². The quantitative estimate of drug-likeness (QED) is 0.849. The van der Waals surface area contributed by atoms with Crippen LogP contribution in [0.25, 0.3) is 0 Å². The molecular formula is C16H22N4O2. The van der Waals surface area contributed by atoms with Gasteiger partial charge in [0.1, 0.15) is 5.76 Å². The molecule has 1 N–H and O–H groups in total. The number of nitrogens with one attached hydrogen (secondary N) is 1. The maximum atomic E-state index is 12.6. The zero-order valence-electron chi connectivity index (χ0n) is 13.3. The van der Waals surface area contributed by atoms with Gasteiger partial charge in [0.15, 0.2) is 5.82 Å². The molecule has 2 heterocycles. The van der Waals surface area contributed by atoms with Crippen LogP contribution in [0.5, 0.6) is 0 Å². The standard InChI is InChI=1S/C16H22N4O2/c1-4-6-20(7-5-2)16(21)13-9-14(11-17-10-13)18-15-8-12(3)22-19-15/h8-11H,4-7H2,1-3H3,(H,18,19). The molecule has 0 atom stereocenters. The summed E-state index contributed by atoms with van der Waals surface area (Å²) < 4.78 is 5.01. The Bertz CT molecular complexity index is 618. The van der Waals surface area contributed by atoms with Crippen molar-refractivity contribution >= 4 is 17.4 Å². The Kier molecular flexibility index (Phi) is 5.52. The van der Waals surface area contributed by atoms with Crippen molar-refractivity contribution in [3.8, 4) is 0 Å². The largest absolute Gasteiger partial charge is 0.360 e. The smallest absolute Gasteiger partial charge is 0.255 e. The first kappa shape index (κ1) is 16.0. The van der Waals surface area contributed by atoms with E-state index < -0.39 is 0 Å². The van der Waals surface area contributed by atoms with Gasteiger partial charge < -0.3 is 14.7 Å². The average Bonchev–Trinajstić information content (AvgIpc) is 2.92. The summed E-state index contributed by atoms with van der Waals surface area (Å²) in [5.41, 5.74) is 1.29. The summed E-state index contributed by atoms with van der Waals surface area (Å²) in [4.78, 5) is 18.6. The Morgan fingerprint density at radius 2 is 1.95 bits per heavy atom. The molecule has 0 saturated carbocycles. The summed E-state index contributed by atoms with van der Waals surface area (Å²) >= 11 is 0. The van der Waals surface area contributed by atoms with Gasteiger partial charge in [-0.05, 0) is 25.8 Å². The van der Waals surface area contributed by atoms with Crippen molar-refractivity contribution in [2.75, 3.05) is 18.4 Å². The third-order valence-electron chi connectivity index (χ3n) is 3.16. The molecule has 0 unspecified atom stereocenters. The van der Waals surface area contributed by atoms with E-state index in [9.17, 15) is 4.79 Å². The molecule has 118 valence electrons. The second-order valence-corrected chi connectivity index (χ2v) is 5.20. The number of carbonyl (C=O) groups excluding carboxylic acids is 1. The molecule has 1 amide bonds. The van der Waals surface area contributed by atoms with Crippen molar-refractivity contribution in [3.05, 3.63) is 35.9 Å². The minimum Gasteiger partial charge on any atom is -0.360 e. The Morgan fingerprint density at radius 1 is 1.23 bits per heavy atom. The minimum absolute atomic E-state index is 0.0104. The SMILES string of the molecule is CCCN(CCC)C(=O)c1cncc(Nc2cc(C)on2)c1. The van der Waals surface area contributed by atoms with Gasteiger partial charge in [-0.25, -0.2) is 0 Å². The lowest BCUT2D eigenvalue weighted by atomic mass is 10.2. The molecule has 0 aliphatic rings. The summed E-state index contributed by atoms with van der Waals surface area (Å²) in [6.45, 7) is 7.47. The summed E-state index contributed by atoms with van der Waals surface area (Å²) in [6.07, 6.45) is 5.13. The lowest BCUT2D eigenvalue weighted by molar-refractivity contribution is 0.0755. The highest BCUT2D eigenvalue weighted by Gasteiger charge is 2.15. The van der Waals surface area contributed by atoms with Crippen LogP contribution in [0.15, 0.2) is 29.0 Å². The molecule has 6 nitrogen and oxygen atoms in total. The van der Waals surface area contributed by atoms with Crippen LogP contribution in [0, 0.1) is 6.92 Å². The van der Waals surface area contributed by atoms with Gasteiger partial charge in [0.2, 0.25) is 0 Å². The lowest BCUT2D eigenvalue weighted by Crippen LogP contribution is -2.32. The third-order valence-corrected chi connectivity index (χ3v) is 3.16. The summed E-state index contributed by atoms with van der Waals surface area (Å²) in [5, 5.41) is 6.96. The van der Waals surface area contributed by atoms with Crippen molar-refractivity contribution in [1.29, 1.82) is 0 Å². The molecular weight excluding hydrogens is 280 g/mol. The predicted molar refractivity (Wildman–Crippen MR) is 85.2 cm³/mol. The Labute approximate surface area is 130 Å². The molecule has 0 aliphatic heterocycles. The topological polar surface area (TPSA) is 71.3 Å². The number of amides is 1. The zero-order chi connectivity index (χ0) is 15.9. The Morgan fingerprint density at radius 3 is 2.55 bits per heavy atom. The van der Waals surface area contributed by atoms with Crippen LogP contribution in [0.2, 0.25) is 0 Å². The maximum absolute atomic E-state index is 12.6. The van der Waals surface area contributed by atoms with E-state index in [1.807, 2.05) is 11.8 Å². The molecule has 0 radical (unpaired) electrons. The normalized spacial score (nSPS) is 10.5. The Balaban J connectivity index is 2.14. The highest BCUT2D eigenvalue weighted by atomic mass is 16.5. The number of nitrogens with zero attached hydrogens (tertiary/aromatic N) is 3. The first-order chi connectivity index (χ1) is 10.6. The predicted octanol–water partition coefficient (Wildman–Crippen LogP) is 3.38. The molecule has 2 rings (SSSR count). The second kappa shape index (κ2) is 7.59. The number of aromatic nitrogens is 2. The van der Waals surface area contributed by atoms with Gasteiger partial charge in [-0.2, -0.15) is 0 Å². The van der Waals surface area contributed by atoms with Crippen LogP contribution in [0.4, 0.5) is 11.5 Å². The number of hydrogen-bond donors (Lipinski definition) is 1. The van der Waals surface area contributed by atoms with Gasteiger partial charge in [-0.1, -0.05) is 19.0 Å². The molecule has 0 spiro atoms. The molecule has 0 saturated heterocycles. The van der Waals surface area contributed by atoms with Crippen molar-refractivity contribution in [2.24, 2.45) is 0 Å². The lowest BCUT2D eigenvalue weighted by Gasteiger charge is -2.21. The number of carbonyl (C=O) groups is 1. The van der Waals surface area contributed by atoms with Gasteiger partial charge in [-0.15, -0.1) is 0 Å². The monoisotopic (exact) mass is 302 g/mol. The molecule has 0 fully saturated rings. The van der Waals surface area contributed by atoms with E-state index in [-0.39, 0.29) is 5.91 Å². The van der Waals surface area contributed by atoms with Crippen LogP contribution in [0.1, 0.15) is 42.8 Å². The highest BCUT2D eigenvalue weighted by molar-refractivity contribution is 5.94. The number of aryl methyl sites for hydroxylation is 1. The van der Waals surface area contributed by atoms with Gasteiger partial charge >= 0.3 is 0 Å². The summed E-state index contributed by atoms with van der Waals surface area (Å²) in [7, 11) is 0. The molecule has 2 aromatic rings. The fourth-order valence-corrected chi connectivity index (χ4v) is 2.24. The van der Waals surface area contributed by atoms with Crippen molar-refractivity contribution in [2.45, 2.75) is 33.6 Å². The highest BCUT2D eigenvalue weighted by Crippen LogP contribution is 2.17. The molecule has 2 aromatic heterocycles. The maximum Gasteiger partial charge on any atom is 0.255 e. The average molecular weight is 302 g/mol. The van der Waals surface area contributed by atoms with Crippen LogP contribution in [-0.2, 0) is 0 Å². The van der Waals surface area contributed by atoms with Crippen molar-refractivity contribution < 1.29 is 9.32 Å². The van der Waals surface area contributed by atoms with Crippen LogP contribution < -0.4 is 5.32 Å². The number of hydrogen-bond acceptors (Lipinski definition) is 5. The Hall–Kier alpha value is -2.37. The van der Waals surface area contributed by atoms with Crippen molar-refractivity contribution in [3.63, 3.8) is 0 Å². The van der Waals surface area contributed by atoms with E-state index >= 15 is 0 Å². The number of anilines is 2. The van der Waals surface area contributed by atoms with E-state index in [4.69, 9.17) is 4.52 Å². The minimum atomic E-state index is 0.0104. The van der Waals surface area contributed by atoms with E-state index in [1.54, 1.807) is 24.5 Å². The van der Waals surface area contributed by atoms with Gasteiger partial charge in [0.05, 0.1) is 17.4 Å². The first-order valence-electron chi connectivity index (χ1n) is 7.58. The van der Waals surface area contributed by atoms with Crippen LogP contribution in [-0.4, -0.2) is 34.0 Å². The summed E-state index contributed by atoms with van der Waals surface area (Å²) in [6, 6.07) is 3.58. The van der Waals surface area contributed by atoms with E-state index in [2.05, 4.69) is 29.3 Å². The number of rotatable bonds is 7. The zero-order valence-corrected chi connectivity index (χ0v) is 13.3. The van der Waals surface area contributed by atoms with E-state index in [0.29, 0.717) is 17.1 Å². The third kappa shape index (κ3) is 4.07. The van der Waals surface area contributed by atoms with E-state index in [1.165, 1.54) is 0 Å². The number of pyridine rings is 1. The molecule has 0 aromatic carbocycles. The molecule has 6 heteroatoms. The van der Waals surface area contributed by atoms with Crippen molar-refractivity contribution in [1.82, 2.24) is 15.0 Å². The van der Waals surface area contributed by atoms with Crippen LogP contribution >= 0.6 is 0 Å². The first-order valence-corrected chi connectivity index (χ1v) is 7.58. The molecule has 0 bridgehead atoms. The van der Waals surface area contributed by atoms with Gasteiger partial charge in [-0.3, -0.25) is 9.78 Å². The fourth-order valence-electron chi connectivity index (χ4n) is 2.24. The molecule has 22 heavy (non-hydrogen) atoms.